The van der Waals surface area contributed by atoms with Crippen LogP contribution in [-0.4, -0.2) is 46.4 Å². The average Bonchev–Trinajstić information content (AvgIpc) is 2.61. The van der Waals surface area contributed by atoms with Crippen LogP contribution in [0.5, 0.6) is 5.88 Å². The second-order valence-electron chi connectivity index (χ2n) is 4.90. The maximum atomic E-state index is 12.1. The van der Waals surface area contributed by atoms with Gasteiger partial charge < -0.3 is 15.3 Å². The fraction of sp³-hybridized carbons (Fsp3) is 0.400. The molecular weight excluding hydrogens is 316 g/mol. The first kappa shape index (κ1) is 19.1. The van der Waals surface area contributed by atoms with E-state index in [1.807, 2.05) is 0 Å². The Labute approximate surface area is 139 Å². The van der Waals surface area contributed by atoms with Crippen molar-refractivity contribution in [2.45, 2.75) is 26.3 Å². The third-order valence-electron chi connectivity index (χ3n) is 3.38. The number of nitrogens with zero attached hydrogens (tertiary/aromatic N) is 3. The highest BCUT2D eigenvalue weighted by atomic mass is 16.6. The molecule has 0 saturated carbocycles. The zero-order valence-electron chi connectivity index (χ0n) is 13.7. The van der Waals surface area contributed by atoms with Gasteiger partial charge in [0.2, 0.25) is 11.9 Å². The highest BCUT2D eigenvalue weighted by Crippen LogP contribution is 2.11. The minimum atomic E-state index is -0.896. The van der Waals surface area contributed by atoms with Crippen LogP contribution in [0.1, 0.15) is 30.6 Å². The second kappa shape index (κ2) is 9.23. The first-order chi connectivity index (χ1) is 11.4. The Balaban J connectivity index is 2.79. The van der Waals surface area contributed by atoms with Crippen LogP contribution in [0.3, 0.4) is 0 Å². The van der Waals surface area contributed by atoms with Crippen LogP contribution in [0, 0.1) is 10.1 Å². The molecule has 0 saturated heterocycles. The maximum absolute atomic E-state index is 12.1. The predicted molar refractivity (Wildman–Crippen MR) is 87.2 cm³/mol. The van der Waals surface area contributed by atoms with E-state index in [9.17, 15) is 14.9 Å². The summed E-state index contributed by atoms with van der Waals surface area (Å²) in [7, 11) is 1.44. The number of carbonyl (C=O) groups excluding carboxylic acids is 1. The van der Waals surface area contributed by atoms with Crippen molar-refractivity contribution in [3.8, 4) is 5.88 Å². The van der Waals surface area contributed by atoms with Crippen molar-refractivity contribution in [1.82, 2.24) is 10.3 Å². The minimum Gasteiger partial charge on any atom is -0.481 e. The van der Waals surface area contributed by atoms with Crippen molar-refractivity contribution in [3.05, 3.63) is 45.7 Å². The van der Waals surface area contributed by atoms with Crippen molar-refractivity contribution in [2.24, 2.45) is 5.16 Å². The number of oxime groups is 1. The summed E-state index contributed by atoms with van der Waals surface area (Å²) >= 11 is 0. The van der Waals surface area contributed by atoms with Gasteiger partial charge >= 0.3 is 0 Å². The molecule has 9 heteroatoms. The molecule has 0 aliphatic carbocycles. The van der Waals surface area contributed by atoms with Crippen LogP contribution in [0.25, 0.3) is 0 Å². The van der Waals surface area contributed by atoms with Crippen LogP contribution in [-0.2, 0) is 0 Å². The summed E-state index contributed by atoms with van der Waals surface area (Å²) in [4.78, 5) is 26.4. The van der Waals surface area contributed by atoms with Gasteiger partial charge in [0.1, 0.15) is 0 Å². The van der Waals surface area contributed by atoms with E-state index < -0.39 is 16.9 Å². The van der Waals surface area contributed by atoms with E-state index in [1.54, 1.807) is 6.92 Å². The Morgan fingerprint density at radius 2 is 2.33 bits per heavy atom. The number of methoxy groups -OCH3 is 1. The molecule has 1 rings (SSSR count). The molecule has 0 aliphatic rings. The molecule has 0 spiro atoms. The van der Waals surface area contributed by atoms with E-state index in [1.165, 1.54) is 38.4 Å². The van der Waals surface area contributed by atoms with Crippen molar-refractivity contribution in [3.63, 3.8) is 0 Å². The number of hydrogen-bond donors (Lipinski definition) is 2. The standard InChI is InChI=1S/C15H20N4O5/c1-4-11(10(2)19(22)23)7-13(18-21)9-17-15(20)12-5-6-16-14(8-12)24-3/h5-8,10,21H,4,9H2,1-3H3,(H,17,20). The van der Waals surface area contributed by atoms with Crippen molar-refractivity contribution in [2.75, 3.05) is 13.7 Å². The number of amides is 1. The van der Waals surface area contributed by atoms with Gasteiger partial charge in [0.15, 0.2) is 0 Å². The molecule has 0 fully saturated rings. The SMILES string of the molecule is CCC(=CC(CNC(=O)c1ccnc(OC)c1)=NO)C(C)[N+](=O)[O-]. The Hall–Kier alpha value is -2.97. The lowest BCUT2D eigenvalue weighted by Gasteiger charge is -2.09. The third-order valence-corrected chi connectivity index (χ3v) is 3.38. The zero-order valence-corrected chi connectivity index (χ0v) is 13.7. The zero-order chi connectivity index (χ0) is 18.1. The van der Waals surface area contributed by atoms with Gasteiger partial charge in [-0.05, 0) is 18.6 Å². The molecule has 1 amide bonds. The first-order valence-electron chi connectivity index (χ1n) is 7.26. The van der Waals surface area contributed by atoms with E-state index in [0.29, 0.717) is 23.4 Å². The largest absolute Gasteiger partial charge is 0.481 e. The Morgan fingerprint density at radius 3 is 2.88 bits per heavy atom. The highest BCUT2D eigenvalue weighted by Gasteiger charge is 2.18. The van der Waals surface area contributed by atoms with E-state index in [0.717, 1.165) is 0 Å². The normalized spacial score (nSPS) is 13.3. The number of pyridine rings is 1. The number of aromatic nitrogens is 1. The summed E-state index contributed by atoms with van der Waals surface area (Å²) < 4.78 is 4.94. The topological polar surface area (TPSA) is 127 Å². The predicted octanol–water partition coefficient (Wildman–Crippen LogP) is 1.65. The van der Waals surface area contributed by atoms with E-state index in [4.69, 9.17) is 9.94 Å². The molecule has 0 bridgehead atoms. The molecule has 2 N–H and O–H groups in total. The average molecular weight is 336 g/mol. The number of carbonyl (C=O) groups is 1. The van der Waals surface area contributed by atoms with Crippen LogP contribution in [0.2, 0.25) is 0 Å². The fourth-order valence-electron chi connectivity index (χ4n) is 1.92. The summed E-state index contributed by atoms with van der Waals surface area (Å²) in [6.45, 7) is 3.14. The van der Waals surface area contributed by atoms with Crippen LogP contribution in [0.15, 0.2) is 35.1 Å². The highest BCUT2D eigenvalue weighted by molar-refractivity contribution is 6.01. The van der Waals surface area contributed by atoms with E-state index >= 15 is 0 Å². The third kappa shape index (κ3) is 5.34. The molecule has 130 valence electrons. The van der Waals surface area contributed by atoms with Crippen molar-refractivity contribution < 1.29 is 19.7 Å². The number of nitrogens with one attached hydrogen (secondary N) is 1. The molecule has 9 nitrogen and oxygen atoms in total. The summed E-state index contributed by atoms with van der Waals surface area (Å²) in [5, 5.41) is 25.6. The van der Waals surface area contributed by atoms with Gasteiger partial charge in [-0.3, -0.25) is 14.9 Å². The van der Waals surface area contributed by atoms with Gasteiger partial charge in [0.05, 0.1) is 19.4 Å². The number of nitro groups is 1. The molecule has 0 radical (unpaired) electrons. The monoisotopic (exact) mass is 336 g/mol. The van der Waals surface area contributed by atoms with E-state index in [-0.39, 0.29) is 12.3 Å². The van der Waals surface area contributed by atoms with Gasteiger partial charge in [-0.15, -0.1) is 0 Å². The first-order valence-corrected chi connectivity index (χ1v) is 7.26. The van der Waals surface area contributed by atoms with Crippen LogP contribution < -0.4 is 10.1 Å². The lowest BCUT2D eigenvalue weighted by Crippen LogP contribution is -2.29. The Bertz CT molecular complexity index is 657. The second-order valence-corrected chi connectivity index (χ2v) is 4.90. The van der Waals surface area contributed by atoms with Crippen molar-refractivity contribution in [1.29, 1.82) is 0 Å². The summed E-state index contributed by atoms with van der Waals surface area (Å²) in [5.41, 5.74) is 0.944. The molecule has 0 aromatic carbocycles. The summed E-state index contributed by atoms with van der Waals surface area (Å²) in [6, 6.07) is 2.08. The molecule has 1 heterocycles. The number of rotatable bonds is 8. The minimum absolute atomic E-state index is 0.0755. The number of hydrogen-bond acceptors (Lipinski definition) is 7. The fourth-order valence-corrected chi connectivity index (χ4v) is 1.92. The van der Waals surface area contributed by atoms with Gasteiger partial charge in [0.25, 0.3) is 5.91 Å². The Morgan fingerprint density at radius 1 is 1.62 bits per heavy atom. The van der Waals surface area contributed by atoms with Gasteiger partial charge in [0, 0.05) is 35.2 Å². The maximum Gasteiger partial charge on any atom is 0.251 e. The summed E-state index contributed by atoms with van der Waals surface area (Å²) in [5.74, 6) is -0.114. The van der Waals surface area contributed by atoms with E-state index in [2.05, 4.69) is 15.5 Å². The molecule has 1 atom stereocenters. The molecule has 1 aromatic heterocycles. The molecule has 0 aliphatic heterocycles. The molecular formula is C15H20N4O5. The molecule has 1 aromatic rings. The van der Waals surface area contributed by atoms with Gasteiger partial charge in [-0.2, -0.15) is 0 Å². The van der Waals surface area contributed by atoms with Gasteiger partial charge in [-0.25, -0.2) is 4.98 Å². The van der Waals surface area contributed by atoms with Crippen molar-refractivity contribution >= 4 is 11.6 Å². The smallest absolute Gasteiger partial charge is 0.251 e. The quantitative estimate of drug-likeness (QED) is 0.322. The summed E-state index contributed by atoms with van der Waals surface area (Å²) in [6.07, 6.45) is 3.28. The number of ether oxygens (including phenoxy) is 1. The lowest BCUT2D eigenvalue weighted by atomic mass is 10.0. The van der Waals surface area contributed by atoms with Crippen LogP contribution >= 0.6 is 0 Å². The lowest BCUT2D eigenvalue weighted by molar-refractivity contribution is -0.507. The van der Waals surface area contributed by atoms with Gasteiger partial charge in [-0.1, -0.05) is 12.1 Å². The van der Waals surface area contributed by atoms with Crippen LogP contribution in [0.4, 0.5) is 0 Å². The molecule has 1 unspecified atom stereocenters. The Kier molecular flexibility index (Phi) is 7.34. The molecule has 24 heavy (non-hydrogen) atoms.